The van der Waals surface area contributed by atoms with Gasteiger partial charge in [0.15, 0.2) is 0 Å². The molecule has 0 saturated carbocycles. The van der Waals surface area contributed by atoms with Crippen molar-refractivity contribution in [2.75, 3.05) is 9.80 Å². The summed E-state index contributed by atoms with van der Waals surface area (Å²) in [6, 6.07) is 61.3. The number of benzene rings is 8. The highest BCUT2D eigenvalue weighted by molar-refractivity contribution is 6.07. The summed E-state index contributed by atoms with van der Waals surface area (Å²) in [6.45, 7) is 4.77. The van der Waals surface area contributed by atoms with Crippen LogP contribution in [0.3, 0.4) is 0 Å². The molecule has 8 aromatic rings. The molecular formula is C68H58N2. The Morgan fingerprint density at radius 1 is 0.543 bits per heavy atom. The average Bonchev–Trinajstić information content (AvgIpc) is 3.41. The number of para-hydroxylation sites is 2. The van der Waals surface area contributed by atoms with Crippen molar-refractivity contribution < 1.29 is 0 Å². The number of rotatable bonds is 8. The summed E-state index contributed by atoms with van der Waals surface area (Å²) in [5.74, 6) is 1.31. The quantitative estimate of drug-likeness (QED) is 0.111. The van der Waals surface area contributed by atoms with Crippen LogP contribution in [0.5, 0.6) is 0 Å². The largest absolute Gasteiger partial charge is 0.337 e. The van der Waals surface area contributed by atoms with Gasteiger partial charge in [0.25, 0.3) is 0 Å². The minimum absolute atomic E-state index is 0.179. The first-order valence-corrected chi connectivity index (χ1v) is 25.6. The first kappa shape index (κ1) is 42.4. The van der Waals surface area contributed by atoms with Gasteiger partial charge in [0, 0.05) is 51.3 Å². The zero-order chi connectivity index (χ0) is 46.8. The van der Waals surface area contributed by atoms with Gasteiger partial charge in [-0.1, -0.05) is 201 Å². The smallest absolute Gasteiger partial charge is 0.0543 e. The van der Waals surface area contributed by atoms with Crippen LogP contribution in [0.1, 0.15) is 84.2 Å². The van der Waals surface area contributed by atoms with Crippen LogP contribution in [0.4, 0.5) is 17.1 Å². The summed E-state index contributed by atoms with van der Waals surface area (Å²) in [6.07, 6.45) is 33.1. The normalized spacial score (nSPS) is 23.1. The minimum atomic E-state index is -0.179. The van der Waals surface area contributed by atoms with Gasteiger partial charge in [0.2, 0.25) is 0 Å². The maximum Gasteiger partial charge on any atom is 0.0543 e. The van der Waals surface area contributed by atoms with Crippen molar-refractivity contribution in [2.24, 2.45) is 11.3 Å². The standard InChI is InChI=1S/C68H58N2/c1-46-32-41-55-50(43-46)44-64(58-26-12-11-25-57(55)58)69(51-20-5-3-6-21-51)53-37-33-47(34-38-53)66-59-27-13-15-29-61(59)67(62-30-16-14-28-60(62)66)48-35-39-54(40-36-48)70(52-22-7-4-8-23-52)65-45-49-19-9-10-24-56(49)63-31-17-18-42-68(63,65)2/h3-33,35,37-39,41-42,44-48,54,63H,34,36,40,43H2,1-2H3. The second-order valence-electron chi connectivity index (χ2n) is 20.5. The van der Waals surface area contributed by atoms with Crippen molar-refractivity contribution in [3.63, 3.8) is 0 Å². The molecule has 8 aromatic carbocycles. The van der Waals surface area contributed by atoms with Gasteiger partial charge >= 0.3 is 0 Å². The molecule has 2 heteroatoms. The van der Waals surface area contributed by atoms with Gasteiger partial charge in [-0.15, -0.1) is 0 Å². The van der Waals surface area contributed by atoms with Crippen LogP contribution >= 0.6 is 0 Å². The fourth-order valence-electron chi connectivity index (χ4n) is 13.0. The average molecular weight is 903 g/mol. The molecule has 5 aliphatic rings. The van der Waals surface area contributed by atoms with Crippen LogP contribution in [0.2, 0.25) is 0 Å². The van der Waals surface area contributed by atoms with E-state index in [1.54, 1.807) is 0 Å². The van der Waals surface area contributed by atoms with Crippen molar-refractivity contribution in [2.45, 2.75) is 63.3 Å². The molecule has 0 radical (unpaired) electrons. The second kappa shape index (κ2) is 17.4. The highest BCUT2D eigenvalue weighted by Gasteiger charge is 2.44. The lowest BCUT2D eigenvalue weighted by Gasteiger charge is -2.48. The molecule has 5 aliphatic carbocycles. The summed E-state index contributed by atoms with van der Waals surface area (Å²) < 4.78 is 0. The van der Waals surface area contributed by atoms with E-state index in [2.05, 4.69) is 260 Å². The third-order valence-electron chi connectivity index (χ3n) is 16.3. The van der Waals surface area contributed by atoms with Gasteiger partial charge in [-0.2, -0.15) is 0 Å². The van der Waals surface area contributed by atoms with Crippen molar-refractivity contribution in [1.29, 1.82) is 0 Å². The first-order valence-electron chi connectivity index (χ1n) is 25.6. The van der Waals surface area contributed by atoms with E-state index >= 15 is 0 Å². The van der Waals surface area contributed by atoms with Crippen LogP contribution < -0.4 is 9.80 Å². The van der Waals surface area contributed by atoms with Gasteiger partial charge in [-0.3, -0.25) is 0 Å². The number of hydrogen-bond acceptors (Lipinski definition) is 2. The molecule has 0 N–H and O–H groups in total. The van der Waals surface area contributed by atoms with E-state index in [-0.39, 0.29) is 29.2 Å². The van der Waals surface area contributed by atoms with E-state index in [0.29, 0.717) is 5.92 Å². The number of fused-ring (bicyclic) bond motifs is 8. The van der Waals surface area contributed by atoms with Gasteiger partial charge in [-0.05, 0) is 141 Å². The third-order valence-corrected chi connectivity index (χ3v) is 16.3. The lowest BCUT2D eigenvalue weighted by Crippen LogP contribution is -2.44. The number of anilines is 3. The SMILES string of the molecule is CC1C=Cc2c(cc(N(C3=CCC(c4c5ccccc5c(C5C=CC(N(C6=Cc7ccccc7C7C=CC=CC67C)c6ccccc6)CC5)c5ccccc45)C=C3)c3ccccc3)c3ccccc23)C1. The molecule has 0 saturated heterocycles. The highest BCUT2D eigenvalue weighted by Crippen LogP contribution is 2.54. The summed E-state index contributed by atoms with van der Waals surface area (Å²) in [5.41, 5.74) is 14.5. The van der Waals surface area contributed by atoms with E-state index in [0.717, 1.165) is 25.7 Å². The van der Waals surface area contributed by atoms with E-state index in [4.69, 9.17) is 0 Å². The lowest BCUT2D eigenvalue weighted by atomic mass is 9.64. The molecule has 0 spiro atoms. The van der Waals surface area contributed by atoms with E-state index in [1.807, 2.05) is 0 Å². The molecule has 0 aliphatic heterocycles. The number of hydrogen-bond donors (Lipinski definition) is 0. The Labute approximate surface area is 413 Å². The van der Waals surface area contributed by atoms with E-state index in [1.165, 1.54) is 94.2 Å². The van der Waals surface area contributed by atoms with E-state index < -0.39 is 0 Å². The second-order valence-corrected chi connectivity index (χ2v) is 20.5. The zero-order valence-electron chi connectivity index (χ0n) is 40.1. The summed E-state index contributed by atoms with van der Waals surface area (Å²) in [4.78, 5) is 5.17. The van der Waals surface area contributed by atoms with Gasteiger partial charge in [-0.25, -0.2) is 0 Å². The molecule has 13 rings (SSSR count). The van der Waals surface area contributed by atoms with Gasteiger partial charge in [0.05, 0.1) is 11.7 Å². The fraction of sp³-hybridized carbons (Fsp3) is 0.176. The molecule has 6 atom stereocenters. The lowest BCUT2D eigenvalue weighted by molar-refractivity contribution is 0.421. The monoisotopic (exact) mass is 902 g/mol. The number of nitrogens with zero attached hydrogens (tertiary/aromatic N) is 2. The Balaban J connectivity index is 0.872. The fourth-order valence-corrected chi connectivity index (χ4v) is 13.0. The highest BCUT2D eigenvalue weighted by atomic mass is 15.2. The van der Waals surface area contributed by atoms with Crippen LogP contribution in [0.25, 0.3) is 44.5 Å². The summed E-state index contributed by atoms with van der Waals surface area (Å²) in [7, 11) is 0. The molecular weight excluding hydrogens is 845 g/mol. The Kier molecular flexibility index (Phi) is 10.5. The summed E-state index contributed by atoms with van der Waals surface area (Å²) >= 11 is 0. The molecule has 0 aromatic heterocycles. The maximum atomic E-state index is 2.67. The summed E-state index contributed by atoms with van der Waals surface area (Å²) in [5, 5.41) is 8.10. The van der Waals surface area contributed by atoms with Gasteiger partial charge in [0.1, 0.15) is 0 Å². The molecule has 0 fully saturated rings. The van der Waals surface area contributed by atoms with Crippen molar-refractivity contribution in [3.8, 4) is 0 Å². The predicted octanol–water partition coefficient (Wildman–Crippen LogP) is 17.7. The molecule has 0 amide bonds. The predicted molar refractivity (Wildman–Crippen MR) is 298 cm³/mol. The Morgan fingerprint density at radius 2 is 1.17 bits per heavy atom. The molecule has 2 nitrogen and oxygen atoms in total. The molecule has 340 valence electrons. The first-order chi connectivity index (χ1) is 34.5. The maximum absolute atomic E-state index is 2.67. The Morgan fingerprint density at radius 3 is 1.84 bits per heavy atom. The van der Waals surface area contributed by atoms with Crippen LogP contribution in [0.15, 0.2) is 236 Å². The van der Waals surface area contributed by atoms with Crippen LogP contribution in [-0.2, 0) is 6.42 Å². The number of allylic oxidation sites excluding steroid dienone is 9. The topological polar surface area (TPSA) is 6.48 Å². The minimum Gasteiger partial charge on any atom is -0.337 e. The van der Waals surface area contributed by atoms with E-state index in [9.17, 15) is 0 Å². The van der Waals surface area contributed by atoms with Crippen molar-refractivity contribution >= 4 is 61.5 Å². The third kappa shape index (κ3) is 7.07. The Bertz CT molecular complexity index is 3510. The molecule has 0 heterocycles. The van der Waals surface area contributed by atoms with Crippen molar-refractivity contribution in [3.05, 3.63) is 269 Å². The molecule has 6 unspecified atom stereocenters. The van der Waals surface area contributed by atoms with Gasteiger partial charge < -0.3 is 9.80 Å². The molecule has 0 bridgehead atoms. The van der Waals surface area contributed by atoms with Crippen LogP contribution in [0, 0.1) is 11.3 Å². The molecule has 70 heavy (non-hydrogen) atoms. The Hall–Kier alpha value is -7.68. The van der Waals surface area contributed by atoms with Crippen LogP contribution in [-0.4, -0.2) is 6.04 Å². The van der Waals surface area contributed by atoms with Crippen molar-refractivity contribution in [1.82, 2.24) is 0 Å². The zero-order valence-corrected chi connectivity index (χ0v) is 40.1.